The van der Waals surface area contributed by atoms with Crippen molar-refractivity contribution < 1.29 is 0 Å². The van der Waals surface area contributed by atoms with E-state index in [9.17, 15) is 0 Å². The Morgan fingerprint density at radius 2 is 1.76 bits per heavy atom. The molecule has 2 atom stereocenters. The highest BCUT2D eigenvalue weighted by Gasteiger charge is 2.17. The molecule has 1 aromatic heterocycles. The van der Waals surface area contributed by atoms with Gasteiger partial charge >= 0.3 is 0 Å². The Hall–Kier alpha value is -0.890. The second-order valence-corrected chi connectivity index (χ2v) is 5.00. The summed E-state index contributed by atoms with van der Waals surface area (Å²) in [5, 5.41) is 3.66. The highest BCUT2D eigenvalue weighted by Crippen LogP contribution is 2.25. The molecule has 0 spiro atoms. The minimum Gasteiger partial charge on any atom is -0.310 e. The second kappa shape index (κ2) is 6.75. The number of pyridine rings is 1. The quantitative estimate of drug-likeness (QED) is 0.810. The molecule has 17 heavy (non-hydrogen) atoms. The Morgan fingerprint density at radius 3 is 2.24 bits per heavy atom. The lowest BCUT2D eigenvalue weighted by atomic mass is 9.92. The standard InChI is InChI=1S/C15H26N2/c1-6-8-16-15(11(3)7-2)14-9-12(4)17-13(5)10-14/h9-11,15-16H,6-8H2,1-5H3. The summed E-state index contributed by atoms with van der Waals surface area (Å²) < 4.78 is 0. The van der Waals surface area contributed by atoms with Crippen LogP contribution in [0.25, 0.3) is 0 Å². The maximum absolute atomic E-state index is 4.45. The van der Waals surface area contributed by atoms with Crippen LogP contribution < -0.4 is 5.32 Å². The third-order valence-electron chi connectivity index (χ3n) is 3.29. The van der Waals surface area contributed by atoms with Crippen molar-refractivity contribution in [3.8, 4) is 0 Å². The highest BCUT2D eigenvalue weighted by atomic mass is 14.9. The van der Waals surface area contributed by atoms with Crippen LogP contribution in [-0.2, 0) is 0 Å². The predicted molar refractivity (Wildman–Crippen MR) is 74.2 cm³/mol. The first kappa shape index (κ1) is 14.2. The molecular formula is C15H26N2. The van der Waals surface area contributed by atoms with E-state index >= 15 is 0 Å². The average Bonchev–Trinajstić information content (AvgIpc) is 2.28. The van der Waals surface area contributed by atoms with Gasteiger partial charge in [0, 0.05) is 17.4 Å². The zero-order valence-corrected chi connectivity index (χ0v) is 11.9. The summed E-state index contributed by atoms with van der Waals surface area (Å²) in [6.07, 6.45) is 2.37. The summed E-state index contributed by atoms with van der Waals surface area (Å²) in [5.74, 6) is 0.655. The fourth-order valence-corrected chi connectivity index (χ4v) is 2.23. The second-order valence-electron chi connectivity index (χ2n) is 5.00. The van der Waals surface area contributed by atoms with Gasteiger partial charge < -0.3 is 5.32 Å². The lowest BCUT2D eigenvalue weighted by Crippen LogP contribution is -2.27. The summed E-state index contributed by atoms with van der Waals surface area (Å²) in [6.45, 7) is 12.0. The lowest BCUT2D eigenvalue weighted by molar-refractivity contribution is 0.376. The molecule has 0 saturated carbocycles. The minimum absolute atomic E-state index is 0.459. The molecule has 2 heteroatoms. The van der Waals surface area contributed by atoms with Gasteiger partial charge in [-0.2, -0.15) is 0 Å². The summed E-state index contributed by atoms with van der Waals surface area (Å²) in [6, 6.07) is 4.89. The van der Waals surface area contributed by atoms with E-state index in [0.29, 0.717) is 12.0 Å². The zero-order chi connectivity index (χ0) is 12.8. The molecule has 0 aromatic carbocycles. The first-order chi connectivity index (χ1) is 8.08. The first-order valence-electron chi connectivity index (χ1n) is 6.77. The van der Waals surface area contributed by atoms with Crippen molar-refractivity contribution in [3.63, 3.8) is 0 Å². The molecule has 1 rings (SSSR count). The molecule has 0 radical (unpaired) electrons. The summed E-state index contributed by atoms with van der Waals surface area (Å²) in [7, 11) is 0. The van der Waals surface area contributed by atoms with Gasteiger partial charge in [-0.05, 0) is 50.4 Å². The fourth-order valence-electron chi connectivity index (χ4n) is 2.23. The number of hydrogen-bond donors (Lipinski definition) is 1. The number of hydrogen-bond acceptors (Lipinski definition) is 2. The lowest BCUT2D eigenvalue weighted by Gasteiger charge is -2.25. The molecule has 96 valence electrons. The first-order valence-corrected chi connectivity index (χ1v) is 6.77. The van der Waals surface area contributed by atoms with E-state index < -0.39 is 0 Å². The third kappa shape index (κ3) is 4.12. The van der Waals surface area contributed by atoms with Crippen molar-refractivity contribution in [2.75, 3.05) is 6.54 Å². The van der Waals surface area contributed by atoms with Gasteiger partial charge in [0.1, 0.15) is 0 Å². The largest absolute Gasteiger partial charge is 0.310 e. The molecule has 1 N–H and O–H groups in total. The SMILES string of the molecule is CCCNC(c1cc(C)nc(C)c1)C(C)CC. The van der Waals surface area contributed by atoms with E-state index in [2.05, 4.69) is 57.1 Å². The predicted octanol–water partition coefficient (Wildman–Crippen LogP) is 3.79. The van der Waals surface area contributed by atoms with Gasteiger partial charge in [-0.15, -0.1) is 0 Å². The molecule has 0 bridgehead atoms. The molecule has 1 aromatic rings. The Balaban J connectivity index is 2.94. The van der Waals surface area contributed by atoms with E-state index in [-0.39, 0.29) is 0 Å². The van der Waals surface area contributed by atoms with Crippen LogP contribution in [0.4, 0.5) is 0 Å². The van der Waals surface area contributed by atoms with Crippen LogP contribution in [0.15, 0.2) is 12.1 Å². The third-order valence-corrected chi connectivity index (χ3v) is 3.29. The number of aryl methyl sites for hydroxylation is 2. The zero-order valence-electron chi connectivity index (χ0n) is 11.9. The Labute approximate surface area is 106 Å². The molecule has 0 aliphatic rings. The van der Waals surface area contributed by atoms with Crippen LogP contribution in [0, 0.1) is 19.8 Å². The topological polar surface area (TPSA) is 24.9 Å². The van der Waals surface area contributed by atoms with Crippen LogP contribution in [0.3, 0.4) is 0 Å². The number of aromatic nitrogens is 1. The smallest absolute Gasteiger partial charge is 0.0379 e. The monoisotopic (exact) mass is 234 g/mol. The van der Waals surface area contributed by atoms with Gasteiger partial charge in [-0.3, -0.25) is 4.98 Å². The average molecular weight is 234 g/mol. The van der Waals surface area contributed by atoms with E-state index in [4.69, 9.17) is 0 Å². The van der Waals surface area contributed by atoms with Crippen molar-refractivity contribution in [2.24, 2.45) is 5.92 Å². The maximum atomic E-state index is 4.45. The van der Waals surface area contributed by atoms with Crippen molar-refractivity contribution in [3.05, 3.63) is 29.1 Å². The van der Waals surface area contributed by atoms with Crippen molar-refractivity contribution in [1.29, 1.82) is 0 Å². The van der Waals surface area contributed by atoms with Gasteiger partial charge in [-0.1, -0.05) is 27.2 Å². The Bertz CT molecular complexity index is 327. The summed E-state index contributed by atoms with van der Waals surface area (Å²) in [4.78, 5) is 4.45. The number of nitrogens with one attached hydrogen (secondary N) is 1. The molecule has 0 aliphatic heterocycles. The minimum atomic E-state index is 0.459. The number of rotatable bonds is 6. The van der Waals surface area contributed by atoms with Crippen molar-refractivity contribution in [2.45, 2.75) is 53.5 Å². The van der Waals surface area contributed by atoms with Crippen LogP contribution in [0.5, 0.6) is 0 Å². The van der Waals surface area contributed by atoms with Crippen LogP contribution in [0.1, 0.15) is 56.6 Å². The van der Waals surface area contributed by atoms with Crippen LogP contribution >= 0.6 is 0 Å². The van der Waals surface area contributed by atoms with Crippen molar-refractivity contribution in [1.82, 2.24) is 10.3 Å². The van der Waals surface area contributed by atoms with E-state index in [1.54, 1.807) is 0 Å². The van der Waals surface area contributed by atoms with Gasteiger partial charge in [0.05, 0.1) is 0 Å². The van der Waals surface area contributed by atoms with Crippen LogP contribution in [0.2, 0.25) is 0 Å². The van der Waals surface area contributed by atoms with Gasteiger partial charge in [0.25, 0.3) is 0 Å². The molecule has 1 heterocycles. The van der Waals surface area contributed by atoms with Gasteiger partial charge in [0.15, 0.2) is 0 Å². The summed E-state index contributed by atoms with van der Waals surface area (Å²) in [5.41, 5.74) is 3.62. The number of nitrogens with zero attached hydrogens (tertiary/aromatic N) is 1. The van der Waals surface area contributed by atoms with Gasteiger partial charge in [-0.25, -0.2) is 0 Å². The molecule has 0 amide bonds. The fraction of sp³-hybridized carbons (Fsp3) is 0.667. The van der Waals surface area contributed by atoms with E-state index in [0.717, 1.165) is 17.9 Å². The van der Waals surface area contributed by atoms with Crippen LogP contribution in [-0.4, -0.2) is 11.5 Å². The van der Waals surface area contributed by atoms with Gasteiger partial charge in [0.2, 0.25) is 0 Å². The Morgan fingerprint density at radius 1 is 1.18 bits per heavy atom. The maximum Gasteiger partial charge on any atom is 0.0379 e. The van der Waals surface area contributed by atoms with E-state index in [1.165, 1.54) is 18.4 Å². The van der Waals surface area contributed by atoms with E-state index in [1.807, 2.05) is 0 Å². The molecule has 0 saturated heterocycles. The normalized spacial score (nSPS) is 14.6. The Kier molecular flexibility index (Phi) is 5.63. The molecule has 0 fully saturated rings. The molecule has 2 unspecified atom stereocenters. The molecule has 2 nitrogen and oxygen atoms in total. The summed E-state index contributed by atoms with van der Waals surface area (Å²) >= 11 is 0. The molecular weight excluding hydrogens is 208 g/mol. The highest BCUT2D eigenvalue weighted by molar-refractivity contribution is 5.24. The van der Waals surface area contributed by atoms with Crippen molar-refractivity contribution >= 4 is 0 Å². The molecule has 0 aliphatic carbocycles.